The number of carbonyl (C=O) groups excluding carboxylic acids is 1. The van der Waals surface area contributed by atoms with Gasteiger partial charge in [0.25, 0.3) is 0 Å². The maximum Gasteiger partial charge on any atom is 0.310 e. The Balaban J connectivity index is 1.27. The molecule has 148 valence electrons. The third-order valence-corrected chi connectivity index (χ3v) is 7.28. The molecule has 0 spiro atoms. The summed E-state index contributed by atoms with van der Waals surface area (Å²) < 4.78 is 5.85. The van der Waals surface area contributed by atoms with Crippen molar-refractivity contribution in [3.63, 3.8) is 0 Å². The molecule has 1 aromatic heterocycles. The molecule has 3 aliphatic rings. The number of fused-ring (bicyclic) bond motifs is 3. The highest BCUT2D eigenvalue weighted by Gasteiger charge is 2.52. The van der Waals surface area contributed by atoms with Gasteiger partial charge in [-0.1, -0.05) is 30.2 Å². The summed E-state index contributed by atoms with van der Waals surface area (Å²) in [6.45, 7) is 5.96. The van der Waals surface area contributed by atoms with Crippen molar-refractivity contribution >= 4 is 17.0 Å². The lowest BCUT2D eigenvalue weighted by Gasteiger charge is -2.45. The van der Waals surface area contributed by atoms with Crippen LogP contribution >= 0.6 is 0 Å². The van der Waals surface area contributed by atoms with Crippen molar-refractivity contribution in [1.29, 1.82) is 0 Å². The van der Waals surface area contributed by atoms with Gasteiger partial charge in [0.05, 0.1) is 23.5 Å². The number of rotatable bonds is 4. The molecular weight excluding hydrogens is 350 g/mol. The van der Waals surface area contributed by atoms with Crippen LogP contribution in [0.2, 0.25) is 0 Å². The van der Waals surface area contributed by atoms with E-state index in [1.54, 1.807) is 11.1 Å². The predicted molar refractivity (Wildman–Crippen MR) is 109 cm³/mol. The Morgan fingerprint density at radius 1 is 1.36 bits per heavy atom. The van der Waals surface area contributed by atoms with Gasteiger partial charge in [-0.2, -0.15) is 0 Å². The van der Waals surface area contributed by atoms with E-state index in [9.17, 15) is 4.79 Å². The fourth-order valence-corrected chi connectivity index (χ4v) is 5.78. The van der Waals surface area contributed by atoms with E-state index in [1.807, 2.05) is 24.3 Å². The van der Waals surface area contributed by atoms with E-state index >= 15 is 0 Å². The molecule has 5 nitrogen and oxygen atoms in total. The Hall–Kier alpha value is -2.14. The molecule has 2 fully saturated rings. The van der Waals surface area contributed by atoms with Crippen LogP contribution in [0.15, 0.2) is 35.4 Å². The first-order chi connectivity index (χ1) is 13.5. The molecular formula is C23H29N3O2. The van der Waals surface area contributed by atoms with Crippen LogP contribution in [0.3, 0.4) is 0 Å². The van der Waals surface area contributed by atoms with Crippen LogP contribution in [0, 0.1) is 17.3 Å². The molecule has 2 N–H and O–H groups in total. The number of hydrogen-bond donors (Lipinski definition) is 2. The van der Waals surface area contributed by atoms with Gasteiger partial charge in [-0.15, -0.1) is 0 Å². The standard InChI is InChI=1S/C23H29N3O2/c1-14-6-5-9-23(2)11-20-15(10-17(14)23)16(22(27)28-20)12-24-13-21-25-18-7-3-4-8-19(18)26-21/h3-4,7-8,15-16,20,24H,5-6,9-13H2,1-2H3,(H,25,26). The third kappa shape index (κ3) is 2.96. The fraction of sp³-hybridized carbons (Fsp3) is 0.565. The van der Waals surface area contributed by atoms with Crippen molar-refractivity contribution in [2.24, 2.45) is 17.3 Å². The molecule has 2 heterocycles. The molecule has 1 saturated carbocycles. The number of hydrogen-bond acceptors (Lipinski definition) is 4. The highest BCUT2D eigenvalue weighted by Crippen LogP contribution is 2.54. The molecule has 5 rings (SSSR count). The minimum absolute atomic E-state index is 0.0207. The number of allylic oxidation sites excluding steroid dienone is 2. The molecule has 5 heteroatoms. The molecule has 2 aliphatic carbocycles. The average Bonchev–Trinajstić information content (AvgIpc) is 3.20. The van der Waals surface area contributed by atoms with Gasteiger partial charge in [0.1, 0.15) is 11.9 Å². The molecule has 1 aromatic carbocycles. The van der Waals surface area contributed by atoms with Gasteiger partial charge in [-0.3, -0.25) is 4.79 Å². The minimum atomic E-state index is -0.0545. The largest absolute Gasteiger partial charge is 0.462 e. The number of imidazole rings is 1. The zero-order valence-corrected chi connectivity index (χ0v) is 16.8. The van der Waals surface area contributed by atoms with Crippen LogP contribution in [0.1, 0.15) is 51.8 Å². The first kappa shape index (κ1) is 17.9. The van der Waals surface area contributed by atoms with Crippen LogP contribution in [-0.2, 0) is 16.1 Å². The summed E-state index contributed by atoms with van der Waals surface area (Å²) in [7, 11) is 0. The van der Waals surface area contributed by atoms with Gasteiger partial charge in [0.15, 0.2) is 0 Å². The van der Waals surface area contributed by atoms with Crippen molar-refractivity contribution in [1.82, 2.24) is 15.3 Å². The van der Waals surface area contributed by atoms with Crippen LogP contribution in [0.25, 0.3) is 11.0 Å². The molecule has 0 radical (unpaired) electrons. The molecule has 4 unspecified atom stereocenters. The number of nitrogens with one attached hydrogen (secondary N) is 2. The quantitative estimate of drug-likeness (QED) is 0.620. The van der Waals surface area contributed by atoms with Crippen molar-refractivity contribution in [2.75, 3.05) is 6.54 Å². The van der Waals surface area contributed by atoms with Crippen LogP contribution in [-0.4, -0.2) is 28.6 Å². The van der Waals surface area contributed by atoms with E-state index < -0.39 is 0 Å². The number of aromatic amines is 1. The highest BCUT2D eigenvalue weighted by atomic mass is 16.6. The summed E-state index contributed by atoms with van der Waals surface area (Å²) in [5.41, 5.74) is 5.43. The maximum atomic E-state index is 12.6. The number of benzene rings is 1. The Morgan fingerprint density at radius 3 is 3.07 bits per heavy atom. The van der Waals surface area contributed by atoms with E-state index in [-0.39, 0.29) is 23.4 Å². The number of nitrogens with zero attached hydrogens (tertiary/aromatic N) is 1. The van der Waals surface area contributed by atoms with Gasteiger partial charge < -0.3 is 15.0 Å². The Kier molecular flexibility index (Phi) is 4.31. The number of aromatic nitrogens is 2. The summed E-state index contributed by atoms with van der Waals surface area (Å²) in [5.74, 6) is 1.15. The van der Waals surface area contributed by atoms with E-state index in [1.165, 1.54) is 19.3 Å². The number of para-hydroxylation sites is 2. The van der Waals surface area contributed by atoms with Gasteiger partial charge in [-0.05, 0) is 56.6 Å². The summed E-state index contributed by atoms with van der Waals surface area (Å²) in [5, 5.41) is 3.45. The fourth-order valence-electron chi connectivity index (χ4n) is 5.78. The van der Waals surface area contributed by atoms with Gasteiger partial charge in [-0.25, -0.2) is 4.98 Å². The van der Waals surface area contributed by atoms with Crippen molar-refractivity contribution in [3.8, 4) is 0 Å². The lowest BCUT2D eigenvalue weighted by atomic mass is 9.59. The molecule has 4 atom stereocenters. The summed E-state index contributed by atoms with van der Waals surface area (Å²) in [6.07, 6.45) is 5.82. The van der Waals surface area contributed by atoms with Crippen molar-refractivity contribution < 1.29 is 9.53 Å². The van der Waals surface area contributed by atoms with E-state index in [0.717, 1.165) is 29.7 Å². The van der Waals surface area contributed by atoms with Crippen LogP contribution < -0.4 is 5.32 Å². The Morgan fingerprint density at radius 2 is 2.21 bits per heavy atom. The lowest BCUT2D eigenvalue weighted by molar-refractivity contribution is -0.145. The zero-order valence-electron chi connectivity index (χ0n) is 16.8. The second kappa shape index (κ2) is 6.73. The number of H-pyrrole nitrogens is 1. The van der Waals surface area contributed by atoms with Crippen LogP contribution in [0.5, 0.6) is 0 Å². The van der Waals surface area contributed by atoms with Crippen molar-refractivity contribution in [2.45, 2.75) is 58.6 Å². The van der Waals surface area contributed by atoms with E-state index in [4.69, 9.17) is 4.74 Å². The first-order valence-corrected chi connectivity index (χ1v) is 10.6. The molecule has 2 aromatic rings. The summed E-state index contributed by atoms with van der Waals surface area (Å²) in [6, 6.07) is 8.04. The second-order valence-electron chi connectivity index (χ2n) is 9.16. The van der Waals surface area contributed by atoms with E-state index in [0.29, 0.717) is 19.0 Å². The molecule has 28 heavy (non-hydrogen) atoms. The lowest BCUT2D eigenvalue weighted by Crippen LogP contribution is -2.40. The topological polar surface area (TPSA) is 67.0 Å². The number of ether oxygens (including phenoxy) is 1. The first-order valence-electron chi connectivity index (χ1n) is 10.6. The smallest absolute Gasteiger partial charge is 0.310 e. The monoisotopic (exact) mass is 379 g/mol. The van der Waals surface area contributed by atoms with Crippen LogP contribution in [0.4, 0.5) is 0 Å². The van der Waals surface area contributed by atoms with Gasteiger partial charge >= 0.3 is 5.97 Å². The zero-order chi connectivity index (χ0) is 19.3. The summed E-state index contributed by atoms with van der Waals surface area (Å²) >= 11 is 0. The Labute approximate surface area is 165 Å². The summed E-state index contributed by atoms with van der Waals surface area (Å²) in [4.78, 5) is 20.6. The normalized spacial score (nSPS) is 32.4. The van der Waals surface area contributed by atoms with Gasteiger partial charge in [0, 0.05) is 12.5 Å². The molecule has 1 saturated heterocycles. The Bertz CT molecular complexity index is 913. The predicted octanol–water partition coefficient (Wildman–Crippen LogP) is 4.11. The average molecular weight is 380 g/mol. The SMILES string of the molecule is CC1=C2CC3C(CC2(C)CCC1)OC(=O)C3CNCc1nc2ccccc2[nH]1. The highest BCUT2D eigenvalue weighted by molar-refractivity contribution is 5.76. The second-order valence-corrected chi connectivity index (χ2v) is 9.16. The maximum absolute atomic E-state index is 12.6. The number of esters is 1. The molecule has 1 aliphatic heterocycles. The minimum Gasteiger partial charge on any atom is -0.462 e. The van der Waals surface area contributed by atoms with Gasteiger partial charge in [0.2, 0.25) is 0 Å². The number of carbonyl (C=O) groups is 1. The molecule has 0 bridgehead atoms. The van der Waals surface area contributed by atoms with Crippen molar-refractivity contribution in [3.05, 3.63) is 41.2 Å². The molecule has 0 amide bonds. The third-order valence-electron chi connectivity index (χ3n) is 7.28. The van der Waals surface area contributed by atoms with E-state index in [2.05, 4.69) is 29.1 Å².